The monoisotopic (exact) mass is 186 g/mol. The van der Waals surface area contributed by atoms with Crippen LogP contribution in [0.25, 0.3) is 0 Å². The average molecular weight is 186 g/mol. The molecule has 1 rings (SSSR count). The third-order valence-corrected chi connectivity index (χ3v) is 2.54. The van der Waals surface area contributed by atoms with Gasteiger partial charge in [0.1, 0.15) is 0 Å². The molecule has 1 atom stereocenters. The van der Waals surface area contributed by atoms with Gasteiger partial charge in [-0.05, 0) is 25.4 Å². The Labute approximate surface area is 79.2 Å². The second-order valence-corrected chi connectivity index (χ2v) is 3.42. The van der Waals surface area contributed by atoms with Crippen molar-refractivity contribution in [1.82, 2.24) is 10.2 Å². The zero-order valence-electron chi connectivity index (χ0n) is 8.38. The highest BCUT2D eigenvalue weighted by atomic mass is 16.5. The standard InChI is InChI=1S/C9H18N2O2/c1-3-11-5-4-8(7-11)6-10-9(12)13-2/h8H,3-7H2,1-2H3,(H,10,12). The lowest BCUT2D eigenvalue weighted by Crippen LogP contribution is -2.30. The summed E-state index contributed by atoms with van der Waals surface area (Å²) in [5.74, 6) is 0.596. The molecular formula is C9H18N2O2. The Kier molecular flexibility index (Phi) is 4.02. The number of carbonyl (C=O) groups is 1. The Bertz CT molecular complexity index is 173. The summed E-state index contributed by atoms with van der Waals surface area (Å²) in [5.41, 5.74) is 0. The molecule has 0 aromatic heterocycles. The molecule has 0 bridgehead atoms. The van der Waals surface area contributed by atoms with E-state index in [1.807, 2.05) is 0 Å². The third kappa shape index (κ3) is 3.22. The second kappa shape index (κ2) is 5.07. The molecule has 1 aliphatic rings. The first-order valence-corrected chi connectivity index (χ1v) is 4.80. The van der Waals surface area contributed by atoms with Gasteiger partial charge >= 0.3 is 6.09 Å². The van der Waals surface area contributed by atoms with E-state index in [2.05, 4.69) is 21.9 Å². The predicted octanol–water partition coefficient (Wildman–Crippen LogP) is 0.684. The van der Waals surface area contributed by atoms with Crippen LogP contribution in [0.3, 0.4) is 0 Å². The van der Waals surface area contributed by atoms with Gasteiger partial charge in [-0.25, -0.2) is 4.79 Å². The molecule has 1 aliphatic heterocycles. The summed E-state index contributed by atoms with van der Waals surface area (Å²) >= 11 is 0. The summed E-state index contributed by atoms with van der Waals surface area (Å²) in [6.45, 7) is 6.26. The van der Waals surface area contributed by atoms with Crippen LogP contribution >= 0.6 is 0 Å². The molecule has 1 amide bonds. The maximum atomic E-state index is 10.8. The lowest BCUT2D eigenvalue weighted by molar-refractivity contribution is 0.169. The lowest BCUT2D eigenvalue weighted by Gasteiger charge is -2.13. The molecule has 13 heavy (non-hydrogen) atoms. The molecule has 1 heterocycles. The smallest absolute Gasteiger partial charge is 0.406 e. The van der Waals surface area contributed by atoms with Gasteiger partial charge in [0.15, 0.2) is 0 Å². The number of alkyl carbamates (subject to hydrolysis) is 1. The molecule has 1 unspecified atom stereocenters. The van der Waals surface area contributed by atoms with Crippen LogP contribution in [0, 0.1) is 5.92 Å². The Hall–Kier alpha value is -0.770. The molecule has 4 heteroatoms. The number of rotatable bonds is 3. The lowest BCUT2D eigenvalue weighted by atomic mass is 10.1. The van der Waals surface area contributed by atoms with E-state index in [0.717, 1.165) is 26.2 Å². The maximum absolute atomic E-state index is 10.8. The summed E-state index contributed by atoms with van der Waals surface area (Å²) in [5, 5.41) is 2.73. The number of methoxy groups -OCH3 is 1. The van der Waals surface area contributed by atoms with Gasteiger partial charge < -0.3 is 15.0 Å². The number of nitrogens with one attached hydrogen (secondary N) is 1. The van der Waals surface area contributed by atoms with E-state index < -0.39 is 0 Å². The number of likely N-dealkylation sites (tertiary alicyclic amines) is 1. The van der Waals surface area contributed by atoms with Crippen LogP contribution in [0.2, 0.25) is 0 Å². The topological polar surface area (TPSA) is 41.6 Å². The summed E-state index contributed by atoms with van der Waals surface area (Å²) in [4.78, 5) is 13.2. The van der Waals surface area contributed by atoms with Crippen LogP contribution in [-0.2, 0) is 4.74 Å². The SMILES string of the molecule is CCN1CCC(CNC(=O)OC)C1. The Morgan fingerprint density at radius 2 is 2.46 bits per heavy atom. The highest BCUT2D eigenvalue weighted by molar-refractivity contribution is 5.66. The minimum absolute atomic E-state index is 0.324. The number of hydrogen-bond donors (Lipinski definition) is 1. The predicted molar refractivity (Wildman–Crippen MR) is 50.6 cm³/mol. The van der Waals surface area contributed by atoms with Gasteiger partial charge in [-0.3, -0.25) is 0 Å². The van der Waals surface area contributed by atoms with Gasteiger partial charge in [-0.1, -0.05) is 6.92 Å². The molecule has 0 radical (unpaired) electrons. The highest BCUT2D eigenvalue weighted by Gasteiger charge is 2.21. The van der Waals surface area contributed by atoms with E-state index in [9.17, 15) is 4.79 Å². The van der Waals surface area contributed by atoms with Gasteiger partial charge in [0.25, 0.3) is 0 Å². The van der Waals surface area contributed by atoms with E-state index in [1.54, 1.807) is 0 Å². The average Bonchev–Trinajstić information content (AvgIpc) is 2.61. The van der Waals surface area contributed by atoms with Crippen molar-refractivity contribution >= 4 is 6.09 Å². The molecule has 0 aromatic carbocycles. The van der Waals surface area contributed by atoms with Gasteiger partial charge in [-0.2, -0.15) is 0 Å². The fourth-order valence-electron chi connectivity index (χ4n) is 1.67. The van der Waals surface area contributed by atoms with Crippen LogP contribution in [-0.4, -0.2) is 44.3 Å². The summed E-state index contributed by atoms with van der Waals surface area (Å²) in [6.07, 6.45) is 0.854. The van der Waals surface area contributed by atoms with E-state index in [-0.39, 0.29) is 6.09 Å². The normalized spacial score (nSPS) is 23.1. The zero-order valence-corrected chi connectivity index (χ0v) is 8.38. The summed E-state index contributed by atoms with van der Waals surface area (Å²) in [7, 11) is 1.39. The number of carbonyl (C=O) groups excluding carboxylic acids is 1. The molecule has 0 aliphatic carbocycles. The number of amides is 1. The third-order valence-electron chi connectivity index (χ3n) is 2.54. The van der Waals surface area contributed by atoms with Crippen molar-refractivity contribution < 1.29 is 9.53 Å². The highest BCUT2D eigenvalue weighted by Crippen LogP contribution is 2.14. The van der Waals surface area contributed by atoms with E-state index in [4.69, 9.17) is 0 Å². The molecule has 1 fully saturated rings. The molecule has 1 saturated heterocycles. The fourth-order valence-corrected chi connectivity index (χ4v) is 1.67. The molecule has 0 aromatic rings. The van der Waals surface area contributed by atoms with Gasteiger partial charge in [0.05, 0.1) is 7.11 Å². The molecule has 76 valence electrons. The fraction of sp³-hybridized carbons (Fsp3) is 0.889. The van der Waals surface area contributed by atoms with Gasteiger partial charge in [-0.15, -0.1) is 0 Å². The molecule has 1 N–H and O–H groups in total. The maximum Gasteiger partial charge on any atom is 0.406 e. The van der Waals surface area contributed by atoms with Crippen LogP contribution in [0.5, 0.6) is 0 Å². The minimum Gasteiger partial charge on any atom is -0.453 e. The molecular weight excluding hydrogens is 168 g/mol. The van der Waals surface area contributed by atoms with E-state index >= 15 is 0 Å². The minimum atomic E-state index is -0.324. The Balaban J connectivity index is 2.13. The second-order valence-electron chi connectivity index (χ2n) is 3.42. The van der Waals surface area contributed by atoms with Crippen molar-refractivity contribution in [3.05, 3.63) is 0 Å². The first-order chi connectivity index (χ1) is 6.26. The largest absolute Gasteiger partial charge is 0.453 e. The Morgan fingerprint density at radius 3 is 3.00 bits per heavy atom. The zero-order chi connectivity index (χ0) is 9.68. The van der Waals surface area contributed by atoms with Crippen molar-refractivity contribution in [1.29, 1.82) is 0 Å². The molecule has 4 nitrogen and oxygen atoms in total. The Morgan fingerprint density at radius 1 is 1.69 bits per heavy atom. The quantitative estimate of drug-likeness (QED) is 0.705. The van der Waals surface area contributed by atoms with Gasteiger partial charge in [0.2, 0.25) is 0 Å². The van der Waals surface area contributed by atoms with E-state index in [0.29, 0.717) is 5.92 Å². The first kappa shape index (κ1) is 10.3. The van der Waals surface area contributed by atoms with Crippen LogP contribution in [0.15, 0.2) is 0 Å². The van der Waals surface area contributed by atoms with Crippen LogP contribution in [0.4, 0.5) is 4.79 Å². The summed E-state index contributed by atoms with van der Waals surface area (Å²) < 4.78 is 4.50. The van der Waals surface area contributed by atoms with Crippen molar-refractivity contribution in [2.24, 2.45) is 5.92 Å². The van der Waals surface area contributed by atoms with Crippen LogP contribution < -0.4 is 5.32 Å². The first-order valence-electron chi connectivity index (χ1n) is 4.80. The van der Waals surface area contributed by atoms with Crippen molar-refractivity contribution in [3.63, 3.8) is 0 Å². The van der Waals surface area contributed by atoms with Gasteiger partial charge in [0, 0.05) is 13.1 Å². The number of hydrogen-bond acceptors (Lipinski definition) is 3. The molecule has 0 spiro atoms. The van der Waals surface area contributed by atoms with Crippen molar-refractivity contribution in [2.75, 3.05) is 33.3 Å². The number of nitrogens with zero attached hydrogens (tertiary/aromatic N) is 1. The number of ether oxygens (including phenoxy) is 1. The van der Waals surface area contributed by atoms with Crippen molar-refractivity contribution in [3.8, 4) is 0 Å². The van der Waals surface area contributed by atoms with Crippen LogP contribution in [0.1, 0.15) is 13.3 Å². The summed E-state index contributed by atoms with van der Waals surface area (Å²) in [6, 6.07) is 0. The van der Waals surface area contributed by atoms with Crippen molar-refractivity contribution in [2.45, 2.75) is 13.3 Å². The molecule has 0 saturated carbocycles. The van der Waals surface area contributed by atoms with E-state index in [1.165, 1.54) is 13.5 Å².